The minimum Gasteiger partial charge on any atom is -0.497 e. The number of piperazine rings is 1. The van der Waals surface area contributed by atoms with E-state index in [1.807, 2.05) is 31.2 Å². The molecule has 142 valence electrons. The standard InChI is InChI=1S/C18H25N3O4S/c1-3-10-26(23,24)21-8-6-20(7-9-21)13-15-11-14-12-16(25-2)4-5-17(14)19-18(15)22/h4-5,11-12H,3,6-10,13H2,1-2H3,(H,19,22). The molecule has 2 heterocycles. The van der Waals surface area contributed by atoms with E-state index in [2.05, 4.69) is 9.88 Å². The van der Waals surface area contributed by atoms with Crippen LogP contribution in [0.15, 0.2) is 29.1 Å². The van der Waals surface area contributed by atoms with Gasteiger partial charge in [-0.2, -0.15) is 4.31 Å². The Morgan fingerprint density at radius 2 is 1.88 bits per heavy atom. The molecule has 2 aromatic rings. The number of methoxy groups -OCH3 is 1. The van der Waals surface area contributed by atoms with E-state index in [0.29, 0.717) is 44.7 Å². The minimum absolute atomic E-state index is 0.108. The maximum absolute atomic E-state index is 12.4. The van der Waals surface area contributed by atoms with Crippen molar-refractivity contribution in [2.75, 3.05) is 39.0 Å². The van der Waals surface area contributed by atoms with Crippen LogP contribution < -0.4 is 10.3 Å². The molecule has 7 nitrogen and oxygen atoms in total. The highest BCUT2D eigenvalue weighted by Crippen LogP contribution is 2.19. The molecule has 1 N–H and O–H groups in total. The van der Waals surface area contributed by atoms with Crippen LogP contribution in [-0.2, 0) is 16.6 Å². The van der Waals surface area contributed by atoms with E-state index >= 15 is 0 Å². The molecule has 1 fully saturated rings. The van der Waals surface area contributed by atoms with Crippen molar-refractivity contribution in [3.8, 4) is 5.75 Å². The fourth-order valence-corrected chi connectivity index (χ4v) is 4.76. The van der Waals surface area contributed by atoms with Crippen LogP contribution >= 0.6 is 0 Å². The van der Waals surface area contributed by atoms with Crippen LogP contribution in [0.1, 0.15) is 18.9 Å². The Kier molecular flexibility index (Phi) is 5.64. The zero-order valence-electron chi connectivity index (χ0n) is 15.2. The fraction of sp³-hybridized carbons (Fsp3) is 0.500. The molecule has 0 bridgehead atoms. The summed E-state index contributed by atoms with van der Waals surface area (Å²) in [5.74, 6) is 0.935. The maximum Gasteiger partial charge on any atom is 0.252 e. The largest absolute Gasteiger partial charge is 0.497 e. The van der Waals surface area contributed by atoms with Crippen molar-refractivity contribution >= 4 is 20.9 Å². The molecule has 1 saturated heterocycles. The minimum atomic E-state index is -3.15. The molecule has 1 aromatic heterocycles. The van der Waals surface area contributed by atoms with Gasteiger partial charge in [0.05, 0.1) is 12.9 Å². The number of hydrogen-bond acceptors (Lipinski definition) is 5. The molecular weight excluding hydrogens is 354 g/mol. The number of aromatic amines is 1. The van der Waals surface area contributed by atoms with E-state index in [1.165, 1.54) is 0 Å². The highest BCUT2D eigenvalue weighted by atomic mass is 32.2. The Morgan fingerprint density at radius 1 is 1.15 bits per heavy atom. The quantitative estimate of drug-likeness (QED) is 0.820. The van der Waals surface area contributed by atoms with Gasteiger partial charge < -0.3 is 9.72 Å². The number of nitrogens with zero attached hydrogens (tertiary/aromatic N) is 2. The Morgan fingerprint density at radius 3 is 2.54 bits per heavy atom. The summed E-state index contributed by atoms with van der Waals surface area (Å²) in [4.78, 5) is 17.4. The second-order valence-electron chi connectivity index (χ2n) is 6.57. The molecule has 3 rings (SSSR count). The van der Waals surface area contributed by atoms with Crippen LogP contribution in [0.5, 0.6) is 5.75 Å². The summed E-state index contributed by atoms with van der Waals surface area (Å²) >= 11 is 0. The Balaban J connectivity index is 1.72. The molecule has 0 saturated carbocycles. The molecule has 1 aliphatic heterocycles. The monoisotopic (exact) mass is 379 g/mol. The van der Waals surface area contributed by atoms with Gasteiger partial charge in [0.25, 0.3) is 5.56 Å². The zero-order chi connectivity index (χ0) is 18.7. The molecule has 0 unspecified atom stereocenters. The van der Waals surface area contributed by atoms with Crippen LogP contribution in [0.3, 0.4) is 0 Å². The molecule has 26 heavy (non-hydrogen) atoms. The number of sulfonamides is 1. The first-order chi connectivity index (χ1) is 12.4. The Bertz CT molecular complexity index is 931. The highest BCUT2D eigenvalue weighted by Gasteiger charge is 2.26. The van der Waals surface area contributed by atoms with E-state index in [4.69, 9.17) is 4.74 Å². The number of H-pyrrole nitrogens is 1. The molecule has 0 atom stereocenters. The van der Waals surface area contributed by atoms with Crippen molar-refractivity contribution in [1.29, 1.82) is 0 Å². The summed E-state index contributed by atoms with van der Waals surface area (Å²) in [5.41, 5.74) is 1.34. The summed E-state index contributed by atoms with van der Waals surface area (Å²) in [6.07, 6.45) is 0.623. The van der Waals surface area contributed by atoms with Crippen molar-refractivity contribution in [1.82, 2.24) is 14.2 Å². The molecule has 8 heteroatoms. The van der Waals surface area contributed by atoms with Crippen molar-refractivity contribution in [2.24, 2.45) is 0 Å². The van der Waals surface area contributed by atoms with Crippen molar-refractivity contribution < 1.29 is 13.2 Å². The van der Waals surface area contributed by atoms with Gasteiger partial charge in [0.2, 0.25) is 10.0 Å². The smallest absolute Gasteiger partial charge is 0.252 e. The normalized spacial score (nSPS) is 16.8. The summed E-state index contributed by atoms with van der Waals surface area (Å²) in [6, 6.07) is 7.42. The molecule has 1 aliphatic rings. The topological polar surface area (TPSA) is 82.7 Å². The van der Waals surface area contributed by atoms with E-state index in [9.17, 15) is 13.2 Å². The lowest BCUT2D eigenvalue weighted by molar-refractivity contribution is 0.181. The van der Waals surface area contributed by atoms with Crippen LogP contribution in [0, 0.1) is 0 Å². The third-order valence-corrected chi connectivity index (χ3v) is 6.79. The van der Waals surface area contributed by atoms with Gasteiger partial charge in [0.1, 0.15) is 5.75 Å². The summed E-state index contributed by atoms with van der Waals surface area (Å²) in [7, 11) is -1.54. The number of hydrogen-bond donors (Lipinski definition) is 1. The molecular formula is C18H25N3O4S. The van der Waals surface area contributed by atoms with Gasteiger partial charge >= 0.3 is 0 Å². The zero-order valence-corrected chi connectivity index (χ0v) is 16.0. The second-order valence-corrected chi connectivity index (χ2v) is 8.66. The number of benzene rings is 1. The van der Waals surface area contributed by atoms with Gasteiger partial charge in [-0.3, -0.25) is 9.69 Å². The van der Waals surface area contributed by atoms with Crippen LogP contribution in [-0.4, -0.2) is 61.6 Å². The molecule has 1 aromatic carbocycles. The number of aromatic nitrogens is 1. The fourth-order valence-electron chi connectivity index (χ4n) is 3.27. The van der Waals surface area contributed by atoms with Crippen molar-refractivity contribution in [2.45, 2.75) is 19.9 Å². The number of fused-ring (bicyclic) bond motifs is 1. The van der Waals surface area contributed by atoms with Crippen molar-refractivity contribution in [3.05, 3.63) is 40.2 Å². The first-order valence-electron chi connectivity index (χ1n) is 8.83. The SMILES string of the molecule is CCCS(=O)(=O)N1CCN(Cc2cc3cc(OC)ccc3[nH]c2=O)CC1. The van der Waals surface area contributed by atoms with E-state index in [1.54, 1.807) is 11.4 Å². The molecule has 0 radical (unpaired) electrons. The average Bonchev–Trinajstić information content (AvgIpc) is 2.62. The highest BCUT2D eigenvalue weighted by molar-refractivity contribution is 7.89. The number of ether oxygens (including phenoxy) is 1. The van der Waals surface area contributed by atoms with E-state index < -0.39 is 10.0 Å². The van der Waals surface area contributed by atoms with Gasteiger partial charge in [0, 0.05) is 49.2 Å². The van der Waals surface area contributed by atoms with Crippen LogP contribution in [0.4, 0.5) is 0 Å². The van der Waals surface area contributed by atoms with Gasteiger partial charge in [-0.15, -0.1) is 0 Å². The van der Waals surface area contributed by atoms with Crippen LogP contribution in [0.2, 0.25) is 0 Å². The third kappa shape index (κ3) is 4.08. The lowest BCUT2D eigenvalue weighted by Gasteiger charge is -2.33. The molecule has 0 spiro atoms. The Labute approximate surface area is 153 Å². The second kappa shape index (κ2) is 7.77. The predicted octanol–water partition coefficient (Wildman–Crippen LogP) is 1.39. The van der Waals surface area contributed by atoms with E-state index in [-0.39, 0.29) is 11.3 Å². The molecule has 0 aliphatic carbocycles. The Hall–Kier alpha value is -1.90. The number of nitrogens with one attached hydrogen (secondary N) is 1. The average molecular weight is 379 g/mol. The van der Waals surface area contributed by atoms with Gasteiger partial charge in [-0.1, -0.05) is 6.92 Å². The first kappa shape index (κ1) is 18.9. The lowest BCUT2D eigenvalue weighted by Crippen LogP contribution is -2.49. The first-order valence-corrected chi connectivity index (χ1v) is 10.4. The maximum atomic E-state index is 12.4. The van der Waals surface area contributed by atoms with Gasteiger partial charge in [0.15, 0.2) is 0 Å². The number of pyridine rings is 1. The van der Waals surface area contributed by atoms with Crippen LogP contribution in [0.25, 0.3) is 10.9 Å². The summed E-state index contributed by atoms with van der Waals surface area (Å²) in [5, 5.41) is 0.920. The third-order valence-electron chi connectivity index (χ3n) is 4.71. The molecule has 0 amide bonds. The summed E-state index contributed by atoms with van der Waals surface area (Å²) < 4.78 is 31.1. The van der Waals surface area contributed by atoms with E-state index in [0.717, 1.165) is 16.7 Å². The predicted molar refractivity (Wildman–Crippen MR) is 102 cm³/mol. The summed E-state index contributed by atoms with van der Waals surface area (Å²) in [6.45, 7) is 4.57. The van der Waals surface area contributed by atoms with Gasteiger partial charge in [-0.25, -0.2) is 8.42 Å². The van der Waals surface area contributed by atoms with Crippen molar-refractivity contribution in [3.63, 3.8) is 0 Å². The lowest BCUT2D eigenvalue weighted by atomic mass is 10.1. The van der Waals surface area contributed by atoms with Gasteiger partial charge in [-0.05, 0) is 30.7 Å². The number of rotatable bonds is 6.